The van der Waals surface area contributed by atoms with E-state index in [4.69, 9.17) is 4.74 Å². The Balaban J connectivity index is 1.55. The lowest BCUT2D eigenvalue weighted by molar-refractivity contribution is 0.0364. The zero-order chi connectivity index (χ0) is 18.6. The maximum absolute atomic E-state index is 12.3. The molecule has 0 saturated carbocycles. The summed E-state index contributed by atoms with van der Waals surface area (Å²) >= 11 is 0. The van der Waals surface area contributed by atoms with Crippen molar-refractivity contribution in [2.24, 2.45) is 0 Å². The third-order valence-electron chi connectivity index (χ3n) is 4.33. The molecule has 26 heavy (non-hydrogen) atoms. The van der Waals surface area contributed by atoms with E-state index in [9.17, 15) is 13.2 Å². The monoisotopic (exact) mass is 377 g/mol. The van der Waals surface area contributed by atoms with E-state index in [1.54, 1.807) is 18.2 Å². The van der Waals surface area contributed by atoms with E-state index in [1.165, 1.54) is 12.1 Å². The van der Waals surface area contributed by atoms with Crippen molar-refractivity contribution < 1.29 is 17.9 Å². The van der Waals surface area contributed by atoms with Gasteiger partial charge in [-0.2, -0.15) is 0 Å². The number of benzene rings is 1. The zero-order valence-electron chi connectivity index (χ0n) is 14.7. The quantitative estimate of drug-likeness (QED) is 0.825. The maximum Gasteiger partial charge on any atom is 0.257 e. The second-order valence-corrected chi connectivity index (χ2v) is 8.36. The normalized spacial score (nSPS) is 15.7. The van der Waals surface area contributed by atoms with E-state index in [1.807, 2.05) is 17.0 Å². The van der Waals surface area contributed by atoms with Crippen molar-refractivity contribution in [2.45, 2.75) is 11.4 Å². The predicted octanol–water partition coefficient (Wildman–Crippen LogP) is 1.48. The highest BCUT2D eigenvalue weighted by Crippen LogP contribution is 2.15. The van der Waals surface area contributed by atoms with Crippen LogP contribution >= 0.6 is 0 Å². The van der Waals surface area contributed by atoms with E-state index in [0.29, 0.717) is 11.3 Å². The Labute approximate surface area is 153 Å². The predicted molar refractivity (Wildman–Crippen MR) is 99.2 cm³/mol. The fourth-order valence-corrected chi connectivity index (χ4v) is 3.42. The molecule has 1 aromatic heterocycles. The van der Waals surface area contributed by atoms with Crippen molar-refractivity contribution in [2.75, 3.05) is 44.4 Å². The maximum atomic E-state index is 12.3. The van der Waals surface area contributed by atoms with Crippen molar-refractivity contribution in [1.82, 2.24) is 9.47 Å². The van der Waals surface area contributed by atoms with Crippen LogP contribution in [-0.4, -0.2) is 62.9 Å². The number of sulfone groups is 1. The molecule has 0 bridgehead atoms. The molecule has 2 heterocycles. The highest BCUT2D eigenvalue weighted by atomic mass is 32.2. The molecule has 8 heteroatoms. The van der Waals surface area contributed by atoms with Gasteiger partial charge >= 0.3 is 0 Å². The van der Waals surface area contributed by atoms with E-state index < -0.39 is 9.84 Å². The third kappa shape index (κ3) is 4.94. The van der Waals surface area contributed by atoms with Crippen LogP contribution in [0.1, 0.15) is 10.4 Å². The molecule has 7 nitrogen and oxygen atoms in total. The van der Waals surface area contributed by atoms with E-state index >= 15 is 0 Å². The van der Waals surface area contributed by atoms with Gasteiger partial charge in [0.05, 0.1) is 23.7 Å². The van der Waals surface area contributed by atoms with Gasteiger partial charge < -0.3 is 14.6 Å². The average molecular weight is 377 g/mol. The molecule has 1 saturated heterocycles. The van der Waals surface area contributed by atoms with Gasteiger partial charge in [-0.15, -0.1) is 0 Å². The van der Waals surface area contributed by atoms with Gasteiger partial charge in [-0.3, -0.25) is 9.69 Å². The highest BCUT2D eigenvalue weighted by Gasteiger charge is 2.12. The van der Waals surface area contributed by atoms with Gasteiger partial charge in [-0.05, 0) is 30.3 Å². The molecule has 0 aliphatic carbocycles. The summed E-state index contributed by atoms with van der Waals surface area (Å²) in [4.78, 5) is 14.9. The number of aromatic nitrogens is 1. The summed E-state index contributed by atoms with van der Waals surface area (Å²) in [6.45, 7) is 5.17. The molecule has 1 aromatic carbocycles. The van der Waals surface area contributed by atoms with Crippen LogP contribution in [0, 0.1) is 0 Å². The molecule has 1 amide bonds. The minimum atomic E-state index is -3.24. The fraction of sp³-hybridized carbons (Fsp3) is 0.389. The molecule has 3 rings (SSSR count). The number of nitrogens with zero attached hydrogens (tertiary/aromatic N) is 2. The average Bonchev–Trinajstić information content (AvgIpc) is 3.10. The molecule has 1 aliphatic heterocycles. The molecule has 1 fully saturated rings. The summed E-state index contributed by atoms with van der Waals surface area (Å²) < 4.78 is 30.3. The van der Waals surface area contributed by atoms with E-state index in [2.05, 4.69) is 10.2 Å². The van der Waals surface area contributed by atoms with Crippen molar-refractivity contribution in [3.05, 3.63) is 48.3 Å². The number of carbonyl (C=O) groups excluding carboxylic acids is 1. The summed E-state index contributed by atoms with van der Waals surface area (Å²) in [5, 5.41) is 2.78. The van der Waals surface area contributed by atoms with Crippen LogP contribution in [0.25, 0.3) is 0 Å². The lowest BCUT2D eigenvalue weighted by Crippen LogP contribution is -2.38. The van der Waals surface area contributed by atoms with Crippen LogP contribution in [0.2, 0.25) is 0 Å². The van der Waals surface area contributed by atoms with Crippen LogP contribution < -0.4 is 5.32 Å². The lowest BCUT2D eigenvalue weighted by atomic mass is 10.3. The summed E-state index contributed by atoms with van der Waals surface area (Å²) in [7, 11) is -3.24. The van der Waals surface area contributed by atoms with Gasteiger partial charge in [0.15, 0.2) is 9.84 Å². The first-order valence-electron chi connectivity index (χ1n) is 8.49. The number of nitrogens with one attached hydrogen (secondary N) is 1. The Hall–Kier alpha value is -2.16. The number of rotatable bonds is 6. The second-order valence-electron chi connectivity index (χ2n) is 6.34. The molecule has 0 unspecified atom stereocenters. The van der Waals surface area contributed by atoms with Gasteiger partial charge in [0.25, 0.3) is 5.91 Å². The molecule has 0 spiro atoms. The van der Waals surface area contributed by atoms with Gasteiger partial charge in [-0.1, -0.05) is 0 Å². The number of ether oxygens (including phenoxy) is 1. The molecule has 1 aliphatic rings. The molecule has 2 aromatic rings. The minimum absolute atomic E-state index is 0.220. The van der Waals surface area contributed by atoms with Gasteiger partial charge in [0.1, 0.15) is 0 Å². The Morgan fingerprint density at radius 2 is 1.81 bits per heavy atom. The number of morpholine rings is 1. The number of carbonyl (C=O) groups is 1. The van der Waals surface area contributed by atoms with Crippen LogP contribution in [0.3, 0.4) is 0 Å². The summed E-state index contributed by atoms with van der Waals surface area (Å²) in [6.07, 6.45) is 4.86. The van der Waals surface area contributed by atoms with Crippen molar-refractivity contribution in [3.63, 3.8) is 0 Å². The molecule has 140 valence electrons. The molecular weight excluding hydrogens is 354 g/mol. The topological polar surface area (TPSA) is 80.6 Å². The molecular formula is C18H23N3O4S. The van der Waals surface area contributed by atoms with Crippen LogP contribution in [0.15, 0.2) is 47.6 Å². The van der Waals surface area contributed by atoms with Crippen molar-refractivity contribution in [1.29, 1.82) is 0 Å². The fourth-order valence-electron chi connectivity index (χ4n) is 2.78. The van der Waals surface area contributed by atoms with Crippen molar-refractivity contribution >= 4 is 21.4 Å². The summed E-state index contributed by atoms with van der Waals surface area (Å²) in [5.41, 5.74) is 1.13. The van der Waals surface area contributed by atoms with Crippen LogP contribution in [-0.2, 0) is 21.1 Å². The third-order valence-corrected chi connectivity index (χ3v) is 5.46. The van der Waals surface area contributed by atoms with Crippen LogP contribution in [0.4, 0.5) is 5.69 Å². The summed E-state index contributed by atoms with van der Waals surface area (Å²) in [6, 6.07) is 7.92. The number of hydrogen-bond donors (Lipinski definition) is 1. The summed E-state index contributed by atoms with van der Waals surface area (Å²) in [5.74, 6) is -0.220. The first-order chi connectivity index (χ1) is 12.4. The Morgan fingerprint density at radius 3 is 2.46 bits per heavy atom. The molecule has 1 N–H and O–H groups in total. The van der Waals surface area contributed by atoms with Crippen LogP contribution in [0.5, 0.6) is 0 Å². The van der Waals surface area contributed by atoms with Gasteiger partial charge in [-0.25, -0.2) is 8.42 Å². The SMILES string of the molecule is CS(=O)(=O)c1ccc(NC(=O)c2ccn(CCN3CCOCC3)c2)cc1. The lowest BCUT2D eigenvalue weighted by Gasteiger charge is -2.26. The standard InChI is InChI=1S/C18H23N3O4S/c1-26(23,24)17-4-2-16(3-5-17)19-18(22)15-6-7-21(14-15)9-8-20-10-12-25-13-11-20/h2-7,14H,8-13H2,1H3,(H,19,22). The first-order valence-corrected chi connectivity index (χ1v) is 10.4. The smallest absolute Gasteiger partial charge is 0.257 e. The van der Waals surface area contributed by atoms with E-state index in [0.717, 1.165) is 45.6 Å². The van der Waals surface area contributed by atoms with Crippen molar-refractivity contribution in [3.8, 4) is 0 Å². The largest absolute Gasteiger partial charge is 0.379 e. The number of anilines is 1. The number of amides is 1. The molecule has 0 radical (unpaired) electrons. The highest BCUT2D eigenvalue weighted by molar-refractivity contribution is 7.90. The zero-order valence-corrected chi connectivity index (χ0v) is 15.5. The second kappa shape index (κ2) is 8.03. The first kappa shape index (κ1) is 18.6. The van der Waals surface area contributed by atoms with Gasteiger partial charge in [0, 0.05) is 50.5 Å². The number of hydrogen-bond acceptors (Lipinski definition) is 5. The Morgan fingerprint density at radius 1 is 1.12 bits per heavy atom. The Kier molecular flexibility index (Phi) is 5.75. The molecule has 0 atom stereocenters. The van der Waals surface area contributed by atoms with Gasteiger partial charge in [0.2, 0.25) is 0 Å². The van der Waals surface area contributed by atoms with E-state index in [-0.39, 0.29) is 10.8 Å². The minimum Gasteiger partial charge on any atom is -0.379 e. The Bertz CT molecular complexity index is 853.